The molecular weight excluding hydrogens is 579 g/mol. The zero-order chi connectivity index (χ0) is 31.3. The highest BCUT2D eigenvalue weighted by Crippen LogP contribution is 2.41. The standard InChI is InChI=1S/C34H32F3N7O/c1-3-24-27(36)8-7-21-12-20(15-38)13-25(28(21)24)30-29(37)31-26(16-40-30)32(43(2)18-23-6-4-10-39-23)42-33(41-31)45-19-34-9-5-11-44(34)17-22(35)14-34/h1,7-8,12-13,16,22-23,39H,4-6,9-11,14,17-19H2,2H3/t22-,23+,34+/m1/s1. The molecule has 3 aliphatic heterocycles. The van der Waals surface area contributed by atoms with E-state index in [2.05, 4.69) is 32.2 Å². The summed E-state index contributed by atoms with van der Waals surface area (Å²) in [6.45, 7) is 2.93. The van der Waals surface area contributed by atoms with Crippen LogP contribution < -0.4 is 15.0 Å². The molecule has 0 saturated carbocycles. The van der Waals surface area contributed by atoms with Crippen LogP contribution >= 0.6 is 0 Å². The zero-order valence-electron chi connectivity index (χ0n) is 24.9. The Balaban J connectivity index is 1.37. The third-order valence-corrected chi connectivity index (χ3v) is 9.49. The van der Waals surface area contributed by atoms with Crippen molar-refractivity contribution in [2.45, 2.75) is 49.9 Å². The molecule has 1 N–H and O–H groups in total. The average molecular weight is 612 g/mol. The molecule has 45 heavy (non-hydrogen) atoms. The highest BCUT2D eigenvalue weighted by Gasteiger charge is 2.49. The number of pyridine rings is 1. The number of nitriles is 1. The van der Waals surface area contributed by atoms with E-state index in [4.69, 9.17) is 16.1 Å². The number of hydrogen-bond acceptors (Lipinski definition) is 8. The smallest absolute Gasteiger partial charge is 0.319 e. The van der Waals surface area contributed by atoms with E-state index in [1.54, 1.807) is 6.07 Å². The van der Waals surface area contributed by atoms with Crippen LogP contribution in [0.3, 0.4) is 0 Å². The maximum Gasteiger partial charge on any atom is 0.319 e. The minimum absolute atomic E-state index is 0.0192. The van der Waals surface area contributed by atoms with Gasteiger partial charge in [-0.1, -0.05) is 12.0 Å². The molecule has 11 heteroatoms. The Morgan fingerprint density at radius 1 is 1.24 bits per heavy atom. The molecule has 4 aromatic rings. The number of terminal acetylenes is 1. The van der Waals surface area contributed by atoms with E-state index in [9.17, 15) is 14.0 Å². The first-order valence-electron chi connectivity index (χ1n) is 15.3. The van der Waals surface area contributed by atoms with Crippen LogP contribution in [0.15, 0.2) is 30.5 Å². The van der Waals surface area contributed by atoms with Crippen LogP contribution in [-0.2, 0) is 0 Å². The second-order valence-electron chi connectivity index (χ2n) is 12.4. The Kier molecular flexibility index (Phi) is 7.47. The molecule has 5 heterocycles. The molecule has 0 unspecified atom stereocenters. The quantitative estimate of drug-likeness (QED) is 0.288. The Hall–Kier alpha value is -4.45. The van der Waals surface area contributed by atoms with E-state index in [0.29, 0.717) is 36.1 Å². The third-order valence-electron chi connectivity index (χ3n) is 9.49. The van der Waals surface area contributed by atoms with Gasteiger partial charge in [0.1, 0.15) is 35.6 Å². The molecule has 0 bridgehead atoms. The average Bonchev–Trinajstić information content (AvgIpc) is 3.76. The first-order valence-corrected chi connectivity index (χ1v) is 15.3. The molecule has 230 valence electrons. The first kappa shape index (κ1) is 29.3. The number of halogens is 3. The number of hydrogen-bond donors (Lipinski definition) is 1. The Bertz CT molecular complexity index is 1900. The summed E-state index contributed by atoms with van der Waals surface area (Å²) in [4.78, 5) is 17.8. The molecule has 7 rings (SSSR count). The number of rotatable bonds is 7. The molecule has 3 fully saturated rings. The molecule has 8 nitrogen and oxygen atoms in total. The molecular formula is C34H32F3N7O. The van der Waals surface area contributed by atoms with E-state index in [0.717, 1.165) is 38.8 Å². The van der Waals surface area contributed by atoms with E-state index in [1.165, 1.54) is 24.4 Å². The molecule has 3 saturated heterocycles. The number of alkyl halides is 1. The fraction of sp³-hybridized carbons (Fsp3) is 0.412. The fourth-order valence-electron chi connectivity index (χ4n) is 7.38. The van der Waals surface area contributed by atoms with Gasteiger partial charge in [0, 0.05) is 49.7 Å². The molecule has 3 aliphatic rings. The van der Waals surface area contributed by atoms with Gasteiger partial charge in [-0.25, -0.2) is 13.2 Å². The van der Waals surface area contributed by atoms with Crippen molar-refractivity contribution in [1.82, 2.24) is 25.2 Å². The number of aromatic nitrogens is 3. The Morgan fingerprint density at radius 3 is 2.89 bits per heavy atom. The second kappa shape index (κ2) is 11.5. The van der Waals surface area contributed by atoms with E-state index >= 15 is 4.39 Å². The summed E-state index contributed by atoms with van der Waals surface area (Å²) < 4.78 is 52.2. The zero-order valence-corrected chi connectivity index (χ0v) is 24.9. The summed E-state index contributed by atoms with van der Waals surface area (Å²) >= 11 is 0. The van der Waals surface area contributed by atoms with Gasteiger partial charge in [-0.3, -0.25) is 9.88 Å². The van der Waals surface area contributed by atoms with Crippen molar-refractivity contribution < 1.29 is 17.9 Å². The number of fused-ring (bicyclic) bond motifs is 3. The van der Waals surface area contributed by atoms with Gasteiger partial charge in [-0.2, -0.15) is 15.2 Å². The van der Waals surface area contributed by atoms with Crippen molar-refractivity contribution in [2.75, 3.05) is 44.7 Å². The van der Waals surface area contributed by atoms with Gasteiger partial charge in [0.25, 0.3) is 0 Å². The van der Waals surface area contributed by atoms with Crippen LogP contribution in [0.5, 0.6) is 6.01 Å². The van der Waals surface area contributed by atoms with Crippen molar-refractivity contribution in [3.05, 3.63) is 53.2 Å². The molecule has 0 radical (unpaired) electrons. The highest BCUT2D eigenvalue weighted by atomic mass is 19.1. The summed E-state index contributed by atoms with van der Waals surface area (Å²) in [5.41, 5.74) is -0.218. The van der Waals surface area contributed by atoms with Gasteiger partial charge >= 0.3 is 6.01 Å². The lowest BCUT2D eigenvalue weighted by atomic mass is 9.94. The molecule has 0 aliphatic carbocycles. The highest BCUT2D eigenvalue weighted by molar-refractivity contribution is 6.02. The molecule has 2 aromatic carbocycles. The molecule has 2 aromatic heterocycles. The lowest BCUT2D eigenvalue weighted by Gasteiger charge is -2.31. The molecule has 0 amide bonds. The predicted octanol–water partition coefficient (Wildman–Crippen LogP) is 5.12. The number of benzene rings is 2. The first-order chi connectivity index (χ1) is 21.8. The summed E-state index contributed by atoms with van der Waals surface area (Å²) in [5.74, 6) is 1.41. The van der Waals surface area contributed by atoms with Crippen LogP contribution in [0, 0.1) is 35.3 Å². The third kappa shape index (κ3) is 5.10. The van der Waals surface area contributed by atoms with Crippen molar-refractivity contribution >= 4 is 27.5 Å². The van der Waals surface area contributed by atoms with Gasteiger partial charge in [0.05, 0.1) is 28.1 Å². The van der Waals surface area contributed by atoms with Crippen LogP contribution in [0.25, 0.3) is 32.9 Å². The van der Waals surface area contributed by atoms with Gasteiger partial charge in [-0.15, -0.1) is 6.42 Å². The summed E-state index contributed by atoms with van der Waals surface area (Å²) in [5, 5.41) is 14.3. The largest absolute Gasteiger partial charge is 0.461 e. The number of nitrogens with zero attached hydrogens (tertiary/aromatic N) is 6. The van der Waals surface area contributed by atoms with Gasteiger partial charge < -0.3 is 15.0 Å². The SMILES string of the molecule is C#Cc1c(F)ccc2cc(C#N)cc(-c3ncc4c(N(C)C[C@@H]5CCCN5)nc(OC[C@@]56CCCN5C[C@H](F)C6)nc4c3F)c12. The predicted molar refractivity (Wildman–Crippen MR) is 166 cm³/mol. The van der Waals surface area contributed by atoms with Crippen LogP contribution in [0.4, 0.5) is 19.0 Å². The van der Waals surface area contributed by atoms with Crippen molar-refractivity contribution in [1.29, 1.82) is 5.26 Å². The lowest BCUT2D eigenvalue weighted by molar-refractivity contribution is 0.107. The maximum atomic E-state index is 16.8. The van der Waals surface area contributed by atoms with E-state index < -0.39 is 23.3 Å². The summed E-state index contributed by atoms with van der Waals surface area (Å²) in [6.07, 6.45) is 10.5. The molecule has 3 atom stereocenters. The van der Waals surface area contributed by atoms with Crippen LogP contribution in [-0.4, -0.2) is 77.4 Å². The second-order valence-corrected chi connectivity index (χ2v) is 12.4. The monoisotopic (exact) mass is 611 g/mol. The Labute approximate surface area is 259 Å². The van der Waals surface area contributed by atoms with Crippen molar-refractivity contribution in [3.8, 4) is 35.7 Å². The van der Waals surface area contributed by atoms with Crippen LogP contribution in [0.1, 0.15) is 43.2 Å². The maximum absolute atomic E-state index is 16.8. The van der Waals surface area contributed by atoms with E-state index in [1.807, 2.05) is 11.9 Å². The van der Waals surface area contributed by atoms with Gasteiger partial charge in [0.2, 0.25) is 0 Å². The van der Waals surface area contributed by atoms with Crippen LogP contribution in [0.2, 0.25) is 0 Å². The summed E-state index contributed by atoms with van der Waals surface area (Å²) in [6, 6.07) is 8.07. The topological polar surface area (TPSA) is 90.2 Å². The van der Waals surface area contributed by atoms with Gasteiger partial charge in [0.15, 0.2) is 5.82 Å². The van der Waals surface area contributed by atoms with Crippen molar-refractivity contribution in [3.63, 3.8) is 0 Å². The number of likely N-dealkylation sites (N-methyl/N-ethyl adjacent to an activating group) is 1. The molecule has 0 spiro atoms. The fourth-order valence-corrected chi connectivity index (χ4v) is 7.38. The normalized spacial score (nSPS) is 22.9. The number of anilines is 1. The minimum Gasteiger partial charge on any atom is -0.461 e. The Morgan fingerprint density at radius 2 is 2.11 bits per heavy atom. The minimum atomic E-state index is -0.921. The summed E-state index contributed by atoms with van der Waals surface area (Å²) in [7, 11) is 1.88. The lowest BCUT2D eigenvalue weighted by Crippen LogP contribution is -2.43. The van der Waals surface area contributed by atoms with Crippen molar-refractivity contribution in [2.24, 2.45) is 0 Å². The van der Waals surface area contributed by atoms with Gasteiger partial charge in [-0.05, 0) is 62.4 Å². The number of ether oxygens (including phenoxy) is 1. The number of nitrogens with one attached hydrogen (secondary N) is 1. The van der Waals surface area contributed by atoms with E-state index in [-0.39, 0.29) is 51.9 Å².